The minimum atomic E-state index is -4.58. The molecule has 1 aromatic rings. The van der Waals surface area contributed by atoms with Crippen LogP contribution < -0.4 is 5.73 Å². The van der Waals surface area contributed by atoms with Gasteiger partial charge in [0.1, 0.15) is 5.69 Å². The van der Waals surface area contributed by atoms with Gasteiger partial charge in [0.15, 0.2) is 5.82 Å². The quantitative estimate of drug-likeness (QED) is 0.618. The van der Waals surface area contributed by atoms with Crippen LogP contribution >= 0.6 is 0 Å². The van der Waals surface area contributed by atoms with Gasteiger partial charge in [0.25, 0.3) is 0 Å². The second-order valence-electron chi connectivity index (χ2n) is 2.09. The molecule has 0 saturated heterocycles. The zero-order chi connectivity index (χ0) is 9.35. The molecule has 0 fully saturated rings. The Morgan fingerprint density at radius 2 is 1.92 bits per heavy atom. The van der Waals surface area contributed by atoms with Gasteiger partial charge in [-0.25, -0.2) is 9.37 Å². The van der Waals surface area contributed by atoms with E-state index in [1.54, 1.807) is 0 Å². The van der Waals surface area contributed by atoms with Gasteiger partial charge in [0.2, 0.25) is 0 Å². The molecule has 12 heavy (non-hydrogen) atoms. The molecule has 2 nitrogen and oxygen atoms in total. The molecule has 0 radical (unpaired) electrons. The molecule has 0 aliphatic carbocycles. The van der Waals surface area contributed by atoms with Crippen molar-refractivity contribution in [2.45, 2.75) is 6.18 Å². The molecule has 0 saturated carbocycles. The zero-order valence-electron chi connectivity index (χ0n) is 5.69. The second-order valence-corrected chi connectivity index (χ2v) is 2.09. The first-order valence-electron chi connectivity index (χ1n) is 2.89. The van der Waals surface area contributed by atoms with Crippen molar-refractivity contribution in [3.05, 3.63) is 23.8 Å². The zero-order valence-corrected chi connectivity index (χ0v) is 5.69. The minimum Gasteiger partial charge on any atom is -0.396 e. The maximum absolute atomic E-state index is 12.3. The van der Waals surface area contributed by atoms with Crippen LogP contribution in [0.4, 0.5) is 23.2 Å². The van der Waals surface area contributed by atoms with E-state index in [4.69, 9.17) is 5.73 Å². The van der Waals surface area contributed by atoms with E-state index in [2.05, 4.69) is 4.98 Å². The van der Waals surface area contributed by atoms with Gasteiger partial charge in [-0.3, -0.25) is 0 Å². The van der Waals surface area contributed by atoms with Crippen molar-refractivity contribution in [3.8, 4) is 0 Å². The summed E-state index contributed by atoms with van der Waals surface area (Å²) in [4.78, 5) is 2.83. The third-order valence-electron chi connectivity index (χ3n) is 1.18. The molecule has 0 atom stereocenters. The first-order chi connectivity index (χ1) is 5.41. The molecule has 1 aromatic heterocycles. The van der Waals surface area contributed by atoms with Crippen LogP contribution in [0.25, 0.3) is 0 Å². The molecule has 0 amide bonds. The van der Waals surface area contributed by atoms with Gasteiger partial charge in [-0.2, -0.15) is 13.2 Å². The molecule has 0 aliphatic heterocycles. The monoisotopic (exact) mass is 180 g/mol. The van der Waals surface area contributed by atoms with Crippen molar-refractivity contribution in [1.29, 1.82) is 0 Å². The lowest BCUT2D eigenvalue weighted by Gasteiger charge is -2.05. The summed E-state index contributed by atoms with van der Waals surface area (Å²) >= 11 is 0. The highest BCUT2D eigenvalue weighted by Gasteiger charge is 2.32. The number of aromatic nitrogens is 1. The van der Waals surface area contributed by atoms with E-state index in [1.807, 2.05) is 0 Å². The molecule has 1 rings (SSSR count). The van der Waals surface area contributed by atoms with E-state index >= 15 is 0 Å². The average molecular weight is 180 g/mol. The Labute approximate surface area is 65.0 Å². The summed E-state index contributed by atoms with van der Waals surface area (Å²) in [5.74, 6) is -0.956. The summed E-state index contributed by atoms with van der Waals surface area (Å²) in [5.41, 5.74) is 3.15. The number of nitrogens with zero attached hydrogens (tertiary/aromatic N) is 1. The lowest BCUT2D eigenvalue weighted by Crippen LogP contribution is -2.09. The maximum atomic E-state index is 12.3. The van der Waals surface area contributed by atoms with Crippen molar-refractivity contribution >= 4 is 5.69 Å². The van der Waals surface area contributed by atoms with Crippen molar-refractivity contribution < 1.29 is 17.6 Å². The predicted octanol–water partition coefficient (Wildman–Crippen LogP) is 1.82. The summed E-state index contributed by atoms with van der Waals surface area (Å²) in [6.07, 6.45) is -4.14. The highest BCUT2D eigenvalue weighted by molar-refractivity contribution is 5.39. The van der Waals surface area contributed by atoms with Gasteiger partial charge in [-0.05, 0) is 6.07 Å². The van der Waals surface area contributed by atoms with Crippen molar-refractivity contribution in [2.24, 2.45) is 0 Å². The highest BCUT2D eigenvalue weighted by atomic mass is 19.4. The number of nitrogen functional groups attached to an aromatic ring is 1. The van der Waals surface area contributed by atoms with Crippen molar-refractivity contribution in [3.63, 3.8) is 0 Å². The van der Waals surface area contributed by atoms with E-state index in [0.717, 1.165) is 0 Å². The standard InChI is InChI=1S/C6H4F4N2/c7-3-2-12-5(1-4(3)11)6(8,9)10/h1-2H,(H2,11,12). The molecule has 1 heterocycles. The number of nitrogens with two attached hydrogens (primary N) is 1. The van der Waals surface area contributed by atoms with E-state index in [9.17, 15) is 17.6 Å². The SMILES string of the molecule is Nc1cc(C(F)(F)F)ncc1F. The van der Waals surface area contributed by atoms with Gasteiger partial charge in [0, 0.05) is 0 Å². The third-order valence-corrected chi connectivity index (χ3v) is 1.18. The predicted molar refractivity (Wildman–Crippen MR) is 33.6 cm³/mol. The molecule has 0 aliphatic rings. The number of rotatable bonds is 0. The fraction of sp³-hybridized carbons (Fsp3) is 0.167. The van der Waals surface area contributed by atoms with Crippen LogP contribution in [0.1, 0.15) is 5.69 Å². The van der Waals surface area contributed by atoms with E-state index < -0.39 is 23.4 Å². The van der Waals surface area contributed by atoms with Crippen molar-refractivity contribution in [2.75, 3.05) is 5.73 Å². The fourth-order valence-corrected chi connectivity index (χ4v) is 0.609. The Kier molecular flexibility index (Phi) is 1.91. The molecule has 0 unspecified atom stereocenters. The fourth-order valence-electron chi connectivity index (χ4n) is 0.609. The molecule has 6 heteroatoms. The number of halogens is 4. The van der Waals surface area contributed by atoms with Crippen LogP contribution in [0.15, 0.2) is 12.3 Å². The minimum absolute atomic E-state index is 0.443. The number of alkyl halides is 3. The van der Waals surface area contributed by atoms with E-state index in [1.165, 1.54) is 0 Å². The molecular weight excluding hydrogens is 176 g/mol. The molecular formula is C6H4F4N2. The topological polar surface area (TPSA) is 38.9 Å². The Bertz CT molecular complexity index is 294. The maximum Gasteiger partial charge on any atom is 0.433 e. The van der Waals surface area contributed by atoms with Gasteiger partial charge in [-0.1, -0.05) is 0 Å². The van der Waals surface area contributed by atoms with Gasteiger partial charge in [-0.15, -0.1) is 0 Å². The Morgan fingerprint density at radius 1 is 1.33 bits per heavy atom. The smallest absolute Gasteiger partial charge is 0.396 e. The molecule has 0 bridgehead atoms. The number of pyridine rings is 1. The van der Waals surface area contributed by atoms with E-state index in [-0.39, 0.29) is 0 Å². The normalized spacial score (nSPS) is 11.7. The van der Waals surface area contributed by atoms with Gasteiger partial charge < -0.3 is 5.73 Å². The lowest BCUT2D eigenvalue weighted by molar-refractivity contribution is -0.141. The average Bonchev–Trinajstić information content (AvgIpc) is 1.92. The van der Waals surface area contributed by atoms with E-state index in [0.29, 0.717) is 12.3 Å². The number of hydrogen-bond donors (Lipinski definition) is 1. The molecule has 2 N–H and O–H groups in total. The summed E-state index contributed by atoms with van der Waals surface area (Å²) in [6.45, 7) is 0. The summed E-state index contributed by atoms with van der Waals surface area (Å²) < 4.78 is 47.9. The Morgan fingerprint density at radius 3 is 2.33 bits per heavy atom. The van der Waals surface area contributed by atoms with Crippen molar-refractivity contribution in [1.82, 2.24) is 4.98 Å². The largest absolute Gasteiger partial charge is 0.433 e. The second kappa shape index (κ2) is 2.62. The summed E-state index contributed by atoms with van der Waals surface area (Å²) in [5, 5.41) is 0. The van der Waals surface area contributed by atoms with Gasteiger partial charge >= 0.3 is 6.18 Å². The Balaban J connectivity index is 3.14. The van der Waals surface area contributed by atoms with Crippen LogP contribution in [0.3, 0.4) is 0 Å². The highest BCUT2D eigenvalue weighted by Crippen LogP contribution is 2.28. The summed E-state index contributed by atoms with van der Waals surface area (Å²) in [6, 6.07) is 0.454. The third kappa shape index (κ3) is 1.63. The Hall–Kier alpha value is -1.33. The molecule has 66 valence electrons. The molecule has 0 spiro atoms. The van der Waals surface area contributed by atoms with Crippen LogP contribution in [0.5, 0.6) is 0 Å². The first kappa shape index (κ1) is 8.76. The number of hydrogen-bond acceptors (Lipinski definition) is 2. The van der Waals surface area contributed by atoms with Crippen LogP contribution in [-0.2, 0) is 6.18 Å². The van der Waals surface area contributed by atoms with Crippen LogP contribution in [0.2, 0.25) is 0 Å². The lowest BCUT2D eigenvalue weighted by atomic mass is 10.3. The van der Waals surface area contributed by atoms with Crippen LogP contribution in [-0.4, -0.2) is 4.98 Å². The van der Waals surface area contributed by atoms with Gasteiger partial charge in [0.05, 0.1) is 11.9 Å². The van der Waals surface area contributed by atoms with Crippen LogP contribution in [0, 0.1) is 5.82 Å². The number of anilines is 1. The summed E-state index contributed by atoms with van der Waals surface area (Å²) in [7, 11) is 0. The molecule has 0 aromatic carbocycles. The first-order valence-corrected chi connectivity index (χ1v) is 2.89.